The van der Waals surface area contributed by atoms with Gasteiger partial charge in [-0.1, -0.05) is 34.1 Å². The van der Waals surface area contributed by atoms with Crippen LogP contribution in [0.4, 0.5) is 5.69 Å². The number of hydrogen-bond donors (Lipinski definition) is 2. The maximum atomic E-state index is 12.2. The molecule has 0 saturated carbocycles. The molecule has 7 nitrogen and oxygen atoms in total. The molecule has 2 amide bonds. The first-order chi connectivity index (χ1) is 15.0. The Hall–Kier alpha value is -3.65. The Bertz CT molecular complexity index is 1070. The fraction of sp³-hybridized carbons (Fsp3) is 0.0870. The van der Waals surface area contributed by atoms with E-state index in [0.29, 0.717) is 28.3 Å². The van der Waals surface area contributed by atoms with E-state index in [9.17, 15) is 9.59 Å². The Morgan fingerprint density at radius 3 is 2.48 bits per heavy atom. The minimum absolute atomic E-state index is 0.190. The SMILES string of the molecule is COc1ccc(NC(=O)COc2ccc(Br)cc2/C=N/NC(=O)c2ccccc2)cc1. The van der Waals surface area contributed by atoms with E-state index in [-0.39, 0.29) is 18.4 Å². The molecule has 3 rings (SSSR count). The molecule has 0 atom stereocenters. The number of hydrogen-bond acceptors (Lipinski definition) is 5. The number of carbonyl (C=O) groups excluding carboxylic acids is 2. The van der Waals surface area contributed by atoms with Gasteiger partial charge in [0.1, 0.15) is 11.5 Å². The maximum absolute atomic E-state index is 12.2. The highest BCUT2D eigenvalue weighted by atomic mass is 79.9. The lowest BCUT2D eigenvalue weighted by molar-refractivity contribution is -0.118. The molecule has 0 unspecified atom stereocenters. The maximum Gasteiger partial charge on any atom is 0.271 e. The molecule has 3 aromatic carbocycles. The topological polar surface area (TPSA) is 89.0 Å². The lowest BCUT2D eigenvalue weighted by Gasteiger charge is -2.10. The van der Waals surface area contributed by atoms with E-state index in [0.717, 1.165) is 4.47 Å². The summed E-state index contributed by atoms with van der Waals surface area (Å²) in [6.45, 7) is -0.190. The summed E-state index contributed by atoms with van der Waals surface area (Å²) >= 11 is 3.40. The van der Waals surface area contributed by atoms with Crippen LogP contribution in [-0.4, -0.2) is 31.7 Å². The van der Waals surface area contributed by atoms with Crippen LogP contribution < -0.4 is 20.2 Å². The Labute approximate surface area is 188 Å². The predicted octanol–water partition coefficient (Wildman–Crippen LogP) is 4.24. The zero-order valence-corrected chi connectivity index (χ0v) is 18.3. The normalized spacial score (nSPS) is 10.5. The van der Waals surface area contributed by atoms with Crippen LogP contribution in [0.3, 0.4) is 0 Å². The third-order valence-electron chi connectivity index (χ3n) is 4.11. The molecule has 0 aliphatic rings. The van der Waals surface area contributed by atoms with Crippen LogP contribution in [0.15, 0.2) is 82.4 Å². The molecule has 31 heavy (non-hydrogen) atoms. The molecule has 0 bridgehead atoms. The molecular formula is C23H20BrN3O4. The molecule has 0 heterocycles. The van der Waals surface area contributed by atoms with Crippen molar-refractivity contribution in [3.63, 3.8) is 0 Å². The second kappa shape index (κ2) is 10.9. The van der Waals surface area contributed by atoms with Gasteiger partial charge in [0, 0.05) is 21.3 Å². The number of anilines is 1. The molecule has 8 heteroatoms. The van der Waals surface area contributed by atoms with Crippen molar-refractivity contribution in [2.45, 2.75) is 0 Å². The van der Waals surface area contributed by atoms with Gasteiger partial charge in [-0.15, -0.1) is 0 Å². The first kappa shape index (κ1) is 22.0. The van der Waals surface area contributed by atoms with Crippen molar-refractivity contribution < 1.29 is 19.1 Å². The van der Waals surface area contributed by atoms with Crippen molar-refractivity contribution in [1.29, 1.82) is 0 Å². The van der Waals surface area contributed by atoms with Crippen LogP contribution in [0.5, 0.6) is 11.5 Å². The average Bonchev–Trinajstić information content (AvgIpc) is 2.79. The van der Waals surface area contributed by atoms with Crippen LogP contribution >= 0.6 is 15.9 Å². The van der Waals surface area contributed by atoms with Crippen molar-refractivity contribution in [2.75, 3.05) is 19.0 Å². The van der Waals surface area contributed by atoms with E-state index in [4.69, 9.17) is 9.47 Å². The molecule has 0 saturated heterocycles. The zero-order chi connectivity index (χ0) is 22.1. The highest BCUT2D eigenvalue weighted by Crippen LogP contribution is 2.22. The first-order valence-corrected chi connectivity index (χ1v) is 10.1. The summed E-state index contributed by atoms with van der Waals surface area (Å²) in [5, 5.41) is 6.74. The van der Waals surface area contributed by atoms with Crippen LogP contribution in [-0.2, 0) is 4.79 Å². The second-order valence-electron chi connectivity index (χ2n) is 6.31. The van der Waals surface area contributed by atoms with Crippen molar-refractivity contribution >= 4 is 39.6 Å². The van der Waals surface area contributed by atoms with Crippen LogP contribution in [0.1, 0.15) is 15.9 Å². The molecule has 0 spiro atoms. The van der Waals surface area contributed by atoms with Crippen molar-refractivity contribution in [2.24, 2.45) is 5.10 Å². The minimum Gasteiger partial charge on any atom is -0.497 e. The van der Waals surface area contributed by atoms with Crippen LogP contribution in [0, 0.1) is 0 Å². The highest BCUT2D eigenvalue weighted by Gasteiger charge is 2.08. The average molecular weight is 482 g/mol. The molecule has 2 N–H and O–H groups in total. The zero-order valence-electron chi connectivity index (χ0n) is 16.7. The van der Waals surface area contributed by atoms with E-state index in [1.807, 2.05) is 6.07 Å². The molecule has 0 aromatic heterocycles. The van der Waals surface area contributed by atoms with Gasteiger partial charge < -0.3 is 14.8 Å². The number of nitrogens with zero attached hydrogens (tertiary/aromatic N) is 1. The van der Waals surface area contributed by atoms with Gasteiger partial charge in [0.2, 0.25) is 0 Å². The fourth-order valence-electron chi connectivity index (χ4n) is 2.58. The number of hydrazone groups is 1. The van der Waals surface area contributed by atoms with E-state index in [2.05, 4.69) is 31.8 Å². The van der Waals surface area contributed by atoms with Gasteiger partial charge >= 0.3 is 0 Å². The Balaban J connectivity index is 1.59. The number of halogens is 1. The van der Waals surface area contributed by atoms with Gasteiger partial charge in [0.05, 0.1) is 13.3 Å². The summed E-state index contributed by atoms with van der Waals surface area (Å²) in [5.74, 6) is 0.514. The van der Waals surface area contributed by atoms with E-state index in [1.165, 1.54) is 6.21 Å². The number of benzene rings is 3. The van der Waals surface area contributed by atoms with E-state index in [1.54, 1.807) is 73.8 Å². The number of amides is 2. The number of ether oxygens (including phenoxy) is 2. The monoisotopic (exact) mass is 481 g/mol. The van der Waals surface area contributed by atoms with Crippen molar-refractivity contribution in [3.05, 3.63) is 88.4 Å². The standard InChI is InChI=1S/C23H20BrN3O4/c1-30-20-10-8-19(9-11-20)26-22(28)15-31-21-12-7-18(24)13-17(21)14-25-27-23(29)16-5-3-2-4-6-16/h2-14H,15H2,1H3,(H,26,28)(H,27,29)/b25-14+. The smallest absolute Gasteiger partial charge is 0.271 e. The summed E-state index contributed by atoms with van der Waals surface area (Å²) in [6, 6.07) is 21.0. The number of methoxy groups -OCH3 is 1. The van der Waals surface area contributed by atoms with Crippen LogP contribution in [0.2, 0.25) is 0 Å². The third-order valence-corrected chi connectivity index (χ3v) is 4.60. The summed E-state index contributed by atoms with van der Waals surface area (Å²) in [7, 11) is 1.58. The number of carbonyl (C=O) groups is 2. The summed E-state index contributed by atoms with van der Waals surface area (Å²) in [6.07, 6.45) is 1.46. The van der Waals surface area contributed by atoms with Gasteiger partial charge in [-0.3, -0.25) is 9.59 Å². The highest BCUT2D eigenvalue weighted by molar-refractivity contribution is 9.10. The molecule has 3 aromatic rings. The number of rotatable bonds is 8. The third kappa shape index (κ3) is 6.68. The van der Waals surface area contributed by atoms with Crippen LogP contribution in [0.25, 0.3) is 0 Å². The second-order valence-corrected chi connectivity index (χ2v) is 7.23. The Morgan fingerprint density at radius 2 is 1.77 bits per heavy atom. The van der Waals surface area contributed by atoms with Gasteiger partial charge in [-0.05, 0) is 54.6 Å². The Kier molecular flexibility index (Phi) is 7.78. The summed E-state index contributed by atoms with van der Waals surface area (Å²) in [4.78, 5) is 24.3. The lowest BCUT2D eigenvalue weighted by atomic mass is 10.2. The van der Waals surface area contributed by atoms with E-state index < -0.39 is 0 Å². The van der Waals surface area contributed by atoms with Gasteiger partial charge in [0.15, 0.2) is 6.61 Å². The quantitative estimate of drug-likeness (QED) is 0.372. The van der Waals surface area contributed by atoms with Gasteiger partial charge in [-0.2, -0.15) is 5.10 Å². The lowest BCUT2D eigenvalue weighted by Crippen LogP contribution is -2.20. The van der Waals surface area contributed by atoms with Gasteiger partial charge in [-0.25, -0.2) is 5.43 Å². The summed E-state index contributed by atoms with van der Waals surface area (Å²) in [5.41, 5.74) is 4.20. The predicted molar refractivity (Wildman–Crippen MR) is 123 cm³/mol. The minimum atomic E-state index is -0.326. The van der Waals surface area contributed by atoms with Crippen molar-refractivity contribution in [1.82, 2.24) is 5.43 Å². The largest absolute Gasteiger partial charge is 0.497 e. The summed E-state index contributed by atoms with van der Waals surface area (Å²) < 4.78 is 11.6. The first-order valence-electron chi connectivity index (χ1n) is 9.30. The molecule has 158 valence electrons. The Morgan fingerprint density at radius 1 is 1.03 bits per heavy atom. The number of nitrogens with one attached hydrogen (secondary N) is 2. The molecule has 0 fully saturated rings. The van der Waals surface area contributed by atoms with E-state index >= 15 is 0 Å². The molecule has 0 radical (unpaired) electrons. The molecule has 0 aliphatic heterocycles. The van der Waals surface area contributed by atoms with Crippen molar-refractivity contribution in [3.8, 4) is 11.5 Å². The fourth-order valence-corrected chi connectivity index (χ4v) is 2.96. The van der Waals surface area contributed by atoms with Gasteiger partial charge in [0.25, 0.3) is 11.8 Å². The molecular weight excluding hydrogens is 462 g/mol. The molecule has 0 aliphatic carbocycles.